The number of nitriles is 1. The summed E-state index contributed by atoms with van der Waals surface area (Å²) in [7, 11) is 0. The smallest absolute Gasteiger partial charge is 0.155 e. The Bertz CT molecular complexity index is 1340. The summed E-state index contributed by atoms with van der Waals surface area (Å²) in [5, 5.41) is 22.0. The molecule has 4 aromatic heterocycles. The van der Waals surface area contributed by atoms with E-state index in [-0.39, 0.29) is 0 Å². The Hall–Kier alpha value is -3.22. The molecule has 5 rings (SSSR count). The van der Waals surface area contributed by atoms with Gasteiger partial charge in [0.2, 0.25) is 0 Å². The SMILES string of the molecule is Cc1cc(Sc2cc(-c3cnn(C4CCNCC4)c3C)cn3ncc(C#N)c23)c(F)cn1. The van der Waals surface area contributed by atoms with Crippen molar-refractivity contribution in [2.75, 3.05) is 13.1 Å². The van der Waals surface area contributed by atoms with E-state index in [1.807, 2.05) is 25.4 Å². The van der Waals surface area contributed by atoms with Crippen LogP contribution in [0.3, 0.4) is 0 Å². The number of nitrogens with zero attached hydrogens (tertiary/aromatic N) is 6. The summed E-state index contributed by atoms with van der Waals surface area (Å²) in [4.78, 5) is 5.24. The number of pyridine rings is 2. The van der Waals surface area contributed by atoms with Crippen LogP contribution in [0.1, 0.15) is 35.8 Å². The summed E-state index contributed by atoms with van der Waals surface area (Å²) in [6.07, 6.45) is 8.67. The summed E-state index contributed by atoms with van der Waals surface area (Å²) in [6, 6.07) is 6.28. The summed E-state index contributed by atoms with van der Waals surface area (Å²) in [5.41, 5.74) is 4.87. The van der Waals surface area contributed by atoms with Crippen molar-refractivity contribution in [2.24, 2.45) is 0 Å². The number of rotatable bonds is 4. The van der Waals surface area contributed by atoms with Gasteiger partial charge in [-0.2, -0.15) is 15.5 Å². The Kier molecular flexibility index (Phi) is 5.41. The predicted octanol–water partition coefficient (Wildman–Crippen LogP) is 4.30. The second-order valence-corrected chi connectivity index (χ2v) is 9.07. The third-order valence-corrected chi connectivity index (χ3v) is 6.95. The van der Waals surface area contributed by atoms with Crippen molar-refractivity contribution >= 4 is 17.3 Å². The van der Waals surface area contributed by atoms with Crippen molar-refractivity contribution in [3.05, 3.63) is 59.7 Å². The lowest BCUT2D eigenvalue weighted by atomic mass is 10.1. The average Bonchev–Trinajstić information content (AvgIpc) is 3.40. The van der Waals surface area contributed by atoms with Crippen LogP contribution in [0.2, 0.25) is 0 Å². The standard InChI is InChI=1S/C23H22FN7S/c1-14-7-21(20(24)12-27-14)32-22-8-16(13-30-23(22)17(9-25)10-28-30)19-11-29-31(15(19)2)18-3-5-26-6-4-18/h7-8,10-13,18,26H,3-6H2,1-2H3. The molecular formula is C23H22FN7S. The van der Waals surface area contributed by atoms with Gasteiger partial charge in [0.05, 0.1) is 40.6 Å². The number of fused-ring (bicyclic) bond motifs is 1. The van der Waals surface area contributed by atoms with Gasteiger partial charge in [-0.15, -0.1) is 0 Å². The highest BCUT2D eigenvalue weighted by molar-refractivity contribution is 7.99. The largest absolute Gasteiger partial charge is 0.317 e. The van der Waals surface area contributed by atoms with E-state index in [1.54, 1.807) is 16.8 Å². The molecular weight excluding hydrogens is 425 g/mol. The Morgan fingerprint density at radius 2 is 1.94 bits per heavy atom. The number of aromatic nitrogens is 5. The molecule has 1 N–H and O–H groups in total. The normalized spacial score (nSPS) is 14.7. The summed E-state index contributed by atoms with van der Waals surface area (Å²) >= 11 is 1.28. The number of halogens is 1. The predicted molar refractivity (Wildman–Crippen MR) is 120 cm³/mol. The van der Waals surface area contributed by atoms with E-state index in [1.165, 1.54) is 18.0 Å². The van der Waals surface area contributed by atoms with Gasteiger partial charge in [0.25, 0.3) is 0 Å². The van der Waals surface area contributed by atoms with Crippen LogP contribution < -0.4 is 5.32 Å². The van der Waals surface area contributed by atoms with Crippen molar-refractivity contribution in [3.8, 4) is 17.2 Å². The highest BCUT2D eigenvalue weighted by atomic mass is 32.2. The maximum Gasteiger partial charge on any atom is 0.155 e. The first kappa shape index (κ1) is 20.7. The molecule has 32 heavy (non-hydrogen) atoms. The number of hydrogen-bond donors (Lipinski definition) is 1. The number of hydrogen-bond acceptors (Lipinski definition) is 6. The van der Waals surface area contributed by atoms with E-state index in [2.05, 4.69) is 38.2 Å². The van der Waals surface area contributed by atoms with E-state index in [9.17, 15) is 9.65 Å². The number of nitrogens with one attached hydrogen (secondary N) is 1. The monoisotopic (exact) mass is 447 g/mol. The third kappa shape index (κ3) is 3.66. The van der Waals surface area contributed by atoms with Crippen molar-refractivity contribution in [3.63, 3.8) is 0 Å². The summed E-state index contributed by atoms with van der Waals surface area (Å²) < 4.78 is 18.3. The minimum atomic E-state index is -0.392. The maximum atomic E-state index is 14.5. The molecule has 0 aromatic carbocycles. The van der Waals surface area contributed by atoms with Gasteiger partial charge in [0.1, 0.15) is 6.07 Å². The molecule has 0 saturated carbocycles. The van der Waals surface area contributed by atoms with Gasteiger partial charge in [-0.3, -0.25) is 9.67 Å². The lowest BCUT2D eigenvalue weighted by Gasteiger charge is -2.24. The summed E-state index contributed by atoms with van der Waals surface area (Å²) in [5.74, 6) is -0.392. The second-order valence-electron chi connectivity index (χ2n) is 7.98. The van der Waals surface area contributed by atoms with E-state index < -0.39 is 5.82 Å². The van der Waals surface area contributed by atoms with Crippen LogP contribution in [0.5, 0.6) is 0 Å². The fourth-order valence-corrected chi connectivity index (χ4v) is 5.33. The fourth-order valence-electron chi connectivity index (χ4n) is 4.23. The molecule has 0 bridgehead atoms. The van der Waals surface area contributed by atoms with E-state index in [4.69, 9.17) is 0 Å². The van der Waals surface area contributed by atoms with Crippen LogP contribution in [0.4, 0.5) is 4.39 Å². The van der Waals surface area contributed by atoms with Crippen LogP contribution in [-0.4, -0.2) is 37.5 Å². The summed E-state index contributed by atoms with van der Waals surface area (Å²) in [6.45, 7) is 5.89. The first-order chi connectivity index (χ1) is 15.5. The van der Waals surface area contributed by atoms with Crippen LogP contribution in [0.15, 0.2) is 46.7 Å². The average molecular weight is 448 g/mol. The van der Waals surface area contributed by atoms with Crippen molar-refractivity contribution in [1.82, 2.24) is 29.7 Å². The molecule has 1 fully saturated rings. The molecule has 7 nitrogen and oxygen atoms in total. The van der Waals surface area contributed by atoms with Gasteiger partial charge < -0.3 is 5.32 Å². The molecule has 1 aliphatic heterocycles. The first-order valence-electron chi connectivity index (χ1n) is 10.5. The van der Waals surface area contributed by atoms with Gasteiger partial charge >= 0.3 is 0 Å². The van der Waals surface area contributed by atoms with E-state index in [0.29, 0.717) is 22.0 Å². The zero-order chi connectivity index (χ0) is 22.2. The van der Waals surface area contributed by atoms with Gasteiger partial charge in [-0.25, -0.2) is 8.91 Å². The topological polar surface area (TPSA) is 83.8 Å². The molecule has 0 spiro atoms. The van der Waals surface area contributed by atoms with Crippen LogP contribution in [-0.2, 0) is 0 Å². The fraction of sp³-hybridized carbons (Fsp3) is 0.304. The molecule has 9 heteroatoms. The lowest BCUT2D eigenvalue weighted by molar-refractivity contribution is 0.338. The van der Waals surface area contributed by atoms with Gasteiger partial charge in [-0.05, 0) is 51.9 Å². The van der Waals surface area contributed by atoms with Crippen LogP contribution in [0, 0.1) is 31.0 Å². The number of piperidine rings is 1. The molecule has 5 heterocycles. The lowest BCUT2D eigenvalue weighted by Crippen LogP contribution is -2.30. The molecule has 0 aliphatic carbocycles. The Morgan fingerprint density at radius 3 is 2.72 bits per heavy atom. The van der Waals surface area contributed by atoms with E-state index >= 15 is 0 Å². The van der Waals surface area contributed by atoms with Crippen LogP contribution in [0.25, 0.3) is 16.6 Å². The zero-order valence-electron chi connectivity index (χ0n) is 17.8. The van der Waals surface area contributed by atoms with Gasteiger partial charge in [0, 0.05) is 33.6 Å². The molecule has 1 saturated heterocycles. The van der Waals surface area contributed by atoms with E-state index in [0.717, 1.165) is 53.3 Å². The second kappa shape index (κ2) is 8.37. The highest BCUT2D eigenvalue weighted by Gasteiger charge is 2.21. The molecule has 162 valence electrons. The quantitative estimate of drug-likeness (QED) is 0.502. The number of aryl methyl sites for hydroxylation is 1. The molecule has 1 aliphatic rings. The minimum Gasteiger partial charge on any atom is -0.317 e. The third-order valence-electron chi connectivity index (χ3n) is 5.88. The van der Waals surface area contributed by atoms with Gasteiger partial charge in [0.15, 0.2) is 5.82 Å². The molecule has 0 unspecified atom stereocenters. The Labute approximate surface area is 189 Å². The van der Waals surface area contributed by atoms with Gasteiger partial charge in [-0.1, -0.05) is 11.8 Å². The van der Waals surface area contributed by atoms with Crippen molar-refractivity contribution in [2.45, 2.75) is 42.5 Å². The first-order valence-corrected chi connectivity index (χ1v) is 11.3. The minimum absolute atomic E-state index is 0.381. The molecule has 0 amide bonds. The zero-order valence-corrected chi connectivity index (χ0v) is 18.7. The maximum absolute atomic E-state index is 14.5. The van der Waals surface area contributed by atoms with Crippen molar-refractivity contribution < 1.29 is 4.39 Å². The van der Waals surface area contributed by atoms with Crippen molar-refractivity contribution in [1.29, 1.82) is 5.26 Å². The molecule has 0 atom stereocenters. The molecule has 0 radical (unpaired) electrons. The van der Waals surface area contributed by atoms with Crippen LogP contribution >= 0.6 is 11.8 Å². The Morgan fingerprint density at radius 1 is 1.12 bits per heavy atom. The molecule has 4 aromatic rings. The highest BCUT2D eigenvalue weighted by Crippen LogP contribution is 2.38. The Balaban J connectivity index is 1.62.